The molecule has 40 heavy (non-hydrogen) atoms. The molecule has 0 bridgehead atoms. The first-order valence-corrected chi connectivity index (χ1v) is 12.5. The van der Waals surface area contributed by atoms with Crippen LogP contribution < -0.4 is 20.5 Å². The second-order valence-electron chi connectivity index (χ2n) is 9.24. The molecule has 0 amide bonds. The maximum absolute atomic E-state index is 15.9. The largest absolute Gasteiger partial charge is 0.494 e. The number of imidazole rings is 1. The zero-order valence-electron chi connectivity index (χ0n) is 22.1. The molecule has 0 aliphatic carbocycles. The number of rotatable bonds is 10. The van der Waals surface area contributed by atoms with Gasteiger partial charge in [0.1, 0.15) is 23.5 Å². The first-order chi connectivity index (χ1) is 19.0. The number of hydrogen-bond donors (Lipinski definition) is 4. The summed E-state index contributed by atoms with van der Waals surface area (Å²) in [6.07, 6.45) is -3.37. The summed E-state index contributed by atoms with van der Waals surface area (Å²) in [5.74, 6) is -0.152. The van der Waals surface area contributed by atoms with Gasteiger partial charge in [0.15, 0.2) is 11.6 Å². The topological polar surface area (TPSA) is 109 Å². The van der Waals surface area contributed by atoms with Crippen molar-refractivity contribution in [1.82, 2.24) is 9.97 Å². The van der Waals surface area contributed by atoms with Crippen LogP contribution in [0.2, 0.25) is 0 Å². The van der Waals surface area contributed by atoms with Crippen LogP contribution in [0, 0.1) is 11.2 Å². The summed E-state index contributed by atoms with van der Waals surface area (Å²) >= 11 is 0. The molecular weight excluding hydrogens is 526 g/mol. The van der Waals surface area contributed by atoms with Gasteiger partial charge in [0, 0.05) is 34.6 Å². The number of H-pyrrole nitrogens is 1. The second-order valence-corrected chi connectivity index (χ2v) is 9.24. The Bertz CT molecular complexity index is 1480. The fourth-order valence-electron chi connectivity index (χ4n) is 4.09. The van der Waals surface area contributed by atoms with Gasteiger partial charge >= 0.3 is 6.18 Å². The number of hydrogen-bond acceptors (Lipinski definition) is 5. The van der Waals surface area contributed by atoms with Crippen LogP contribution in [0.5, 0.6) is 11.5 Å². The van der Waals surface area contributed by atoms with Crippen molar-refractivity contribution < 1.29 is 27.0 Å². The maximum atomic E-state index is 15.9. The van der Waals surface area contributed by atoms with Crippen molar-refractivity contribution in [2.45, 2.75) is 39.1 Å². The normalized spacial score (nSPS) is 12.3. The van der Waals surface area contributed by atoms with E-state index >= 15 is 4.39 Å². The number of nitrogens with one attached hydrogen (secondary N) is 3. The van der Waals surface area contributed by atoms with E-state index in [1.165, 1.54) is 30.5 Å². The van der Waals surface area contributed by atoms with Crippen molar-refractivity contribution in [3.05, 3.63) is 95.2 Å². The summed E-state index contributed by atoms with van der Waals surface area (Å²) in [6, 6.07) is 13.5. The highest BCUT2D eigenvalue weighted by Gasteiger charge is 2.31. The Kier molecular flexibility index (Phi) is 8.32. The minimum atomic E-state index is -4.51. The van der Waals surface area contributed by atoms with Crippen molar-refractivity contribution in [2.75, 3.05) is 11.9 Å². The monoisotopic (exact) mass is 555 g/mol. The summed E-state index contributed by atoms with van der Waals surface area (Å²) < 4.78 is 67.3. The number of halogens is 4. The van der Waals surface area contributed by atoms with Gasteiger partial charge in [-0.3, -0.25) is 5.41 Å². The van der Waals surface area contributed by atoms with E-state index in [0.29, 0.717) is 23.6 Å². The van der Waals surface area contributed by atoms with Crippen molar-refractivity contribution in [1.29, 1.82) is 5.41 Å². The number of aromatic nitrogens is 2. The van der Waals surface area contributed by atoms with Gasteiger partial charge in [-0.25, -0.2) is 9.37 Å². The first kappa shape index (κ1) is 28.5. The summed E-state index contributed by atoms with van der Waals surface area (Å²) in [7, 11) is 0. The van der Waals surface area contributed by atoms with Crippen LogP contribution in [0.15, 0.2) is 66.9 Å². The Balaban J connectivity index is 1.82. The number of amidine groups is 1. The zero-order valence-corrected chi connectivity index (χ0v) is 22.1. The van der Waals surface area contributed by atoms with E-state index in [4.69, 9.17) is 20.6 Å². The van der Waals surface area contributed by atoms with Gasteiger partial charge < -0.3 is 25.5 Å². The van der Waals surface area contributed by atoms with Gasteiger partial charge in [-0.15, -0.1) is 0 Å². The summed E-state index contributed by atoms with van der Waals surface area (Å²) in [5, 5.41) is 10.9. The van der Waals surface area contributed by atoms with Crippen LogP contribution >= 0.6 is 0 Å². The molecule has 0 spiro atoms. The van der Waals surface area contributed by atoms with E-state index in [0.717, 1.165) is 12.1 Å². The highest BCUT2D eigenvalue weighted by atomic mass is 19.4. The third-order valence-electron chi connectivity index (χ3n) is 5.89. The number of nitrogens with zero attached hydrogens (tertiary/aromatic N) is 1. The molecule has 7 nitrogen and oxygen atoms in total. The molecule has 4 rings (SSSR count). The summed E-state index contributed by atoms with van der Waals surface area (Å²) in [4.78, 5) is 7.53. The van der Waals surface area contributed by atoms with Gasteiger partial charge in [0.05, 0.1) is 24.0 Å². The van der Waals surface area contributed by atoms with Crippen LogP contribution in [0.25, 0.3) is 11.3 Å². The van der Waals surface area contributed by atoms with Gasteiger partial charge in [-0.2, -0.15) is 13.2 Å². The molecule has 1 unspecified atom stereocenters. The van der Waals surface area contributed by atoms with Gasteiger partial charge in [0.2, 0.25) is 0 Å². The average molecular weight is 556 g/mol. The van der Waals surface area contributed by atoms with Crippen LogP contribution in [-0.2, 0) is 6.18 Å². The van der Waals surface area contributed by atoms with Crippen LogP contribution in [0.4, 0.5) is 23.2 Å². The Labute approximate surface area is 228 Å². The third-order valence-corrected chi connectivity index (χ3v) is 5.89. The molecule has 11 heteroatoms. The fourth-order valence-corrected chi connectivity index (χ4v) is 4.09. The Morgan fingerprint density at radius 1 is 1.10 bits per heavy atom. The molecular formula is C29H29F4N5O2. The van der Waals surface area contributed by atoms with Gasteiger partial charge in [0.25, 0.3) is 0 Å². The molecule has 1 aromatic heterocycles. The van der Waals surface area contributed by atoms with E-state index in [-0.39, 0.29) is 40.3 Å². The lowest BCUT2D eigenvalue weighted by molar-refractivity contribution is -0.137. The van der Waals surface area contributed by atoms with Crippen LogP contribution in [-0.4, -0.2) is 28.5 Å². The molecule has 4 aromatic rings. The molecule has 210 valence electrons. The quantitative estimate of drug-likeness (QED) is 0.0966. The molecule has 1 heterocycles. The highest BCUT2D eigenvalue weighted by molar-refractivity contribution is 5.95. The van der Waals surface area contributed by atoms with Crippen LogP contribution in [0.3, 0.4) is 0 Å². The maximum Gasteiger partial charge on any atom is 0.416 e. The number of ether oxygens (including phenoxy) is 2. The lowest BCUT2D eigenvalue weighted by atomic mass is 10.0. The summed E-state index contributed by atoms with van der Waals surface area (Å²) in [6.45, 7) is 5.67. The number of alkyl halides is 3. The smallest absolute Gasteiger partial charge is 0.416 e. The molecule has 5 N–H and O–H groups in total. The molecule has 0 saturated carbocycles. The Hall–Kier alpha value is -4.54. The fraction of sp³-hybridized carbons (Fsp3) is 0.241. The highest BCUT2D eigenvalue weighted by Crippen LogP contribution is 2.37. The number of anilines is 1. The van der Waals surface area contributed by atoms with E-state index < -0.39 is 23.6 Å². The van der Waals surface area contributed by atoms with E-state index in [2.05, 4.69) is 15.3 Å². The molecule has 0 aliphatic rings. The molecule has 0 fully saturated rings. The molecule has 0 aliphatic heterocycles. The minimum absolute atomic E-state index is 0.0145. The Morgan fingerprint density at radius 2 is 1.82 bits per heavy atom. The lowest BCUT2D eigenvalue weighted by Gasteiger charge is -2.22. The lowest BCUT2D eigenvalue weighted by Crippen LogP contribution is -2.18. The molecule has 3 aromatic carbocycles. The van der Waals surface area contributed by atoms with Crippen molar-refractivity contribution in [2.24, 2.45) is 5.73 Å². The SMILES string of the molecule is CCOc1cc(OC(C)C)c(F)c(C(Nc2ccc(C(=N)N)cc2)c2nc(-c3cccc(C(F)(F)F)c3)c[nH]2)c1. The predicted octanol–water partition coefficient (Wildman–Crippen LogP) is 6.91. The third kappa shape index (κ3) is 6.53. The first-order valence-electron chi connectivity index (χ1n) is 12.5. The van der Waals surface area contributed by atoms with Crippen molar-refractivity contribution in [3.8, 4) is 22.8 Å². The van der Waals surface area contributed by atoms with E-state index in [9.17, 15) is 13.2 Å². The van der Waals surface area contributed by atoms with Gasteiger partial charge in [-0.1, -0.05) is 12.1 Å². The average Bonchev–Trinajstić information content (AvgIpc) is 3.39. The van der Waals surface area contributed by atoms with Crippen molar-refractivity contribution >= 4 is 11.5 Å². The van der Waals surface area contributed by atoms with Gasteiger partial charge in [-0.05, 0) is 63.2 Å². The standard InChI is InChI=1S/C29H29F4N5O2/c1-4-39-21-13-22(25(30)24(14-21)40-16(2)3)26(37-20-10-8-17(9-11-20)27(34)35)28-36-15-23(38-28)18-6-5-7-19(12-18)29(31,32)33/h5-16,26,37H,4H2,1-3H3,(H3,34,35)(H,36,38). The van der Waals surface area contributed by atoms with Crippen molar-refractivity contribution in [3.63, 3.8) is 0 Å². The predicted molar refractivity (Wildman–Crippen MR) is 145 cm³/mol. The number of nitrogens with two attached hydrogens (primary N) is 1. The molecule has 0 radical (unpaired) electrons. The zero-order chi connectivity index (χ0) is 29.0. The minimum Gasteiger partial charge on any atom is -0.494 e. The Morgan fingerprint density at radius 3 is 2.45 bits per heavy atom. The van der Waals surface area contributed by atoms with E-state index in [1.54, 1.807) is 45.0 Å². The number of nitrogen functional groups attached to an aromatic ring is 1. The molecule has 1 atom stereocenters. The second kappa shape index (κ2) is 11.7. The van der Waals surface area contributed by atoms with E-state index in [1.807, 2.05) is 0 Å². The molecule has 0 saturated heterocycles. The summed E-state index contributed by atoms with van der Waals surface area (Å²) in [5.41, 5.74) is 6.45. The van der Waals surface area contributed by atoms with Crippen LogP contribution in [0.1, 0.15) is 49.3 Å². The number of aromatic amines is 1. The number of benzene rings is 3.